The van der Waals surface area contributed by atoms with Crippen LogP contribution in [0.1, 0.15) is 49.1 Å². The number of carbonyl (C=O) groups excluding carboxylic acids is 2. The van der Waals surface area contributed by atoms with Crippen molar-refractivity contribution in [2.45, 2.75) is 44.2 Å². The van der Waals surface area contributed by atoms with Gasteiger partial charge < -0.3 is 9.64 Å². The smallest absolute Gasteiger partial charge is 0.416 e. The van der Waals surface area contributed by atoms with Crippen molar-refractivity contribution >= 4 is 11.9 Å². The van der Waals surface area contributed by atoms with E-state index < -0.39 is 29.5 Å². The van der Waals surface area contributed by atoms with Crippen molar-refractivity contribution in [3.8, 4) is 0 Å². The monoisotopic (exact) mass is 369 g/mol. The third-order valence-corrected chi connectivity index (χ3v) is 5.06. The Bertz CT molecular complexity index is 666. The van der Waals surface area contributed by atoms with Gasteiger partial charge in [0.15, 0.2) is 6.61 Å². The first-order valence-corrected chi connectivity index (χ1v) is 8.98. The van der Waals surface area contributed by atoms with Gasteiger partial charge in [0.2, 0.25) is 0 Å². The molecule has 0 N–H and O–H groups in total. The van der Waals surface area contributed by atoms with E-state index >= 15 is 0 Å². The van der Waals surface area contributed by atoms with Gasteiger partial charge in [-0.15, -0.1) is 0 Å². The van der Waals surface area contributed by atoms with Gasteiger partial charge in [0.1, 0.15) is 0 Å². The van der Waals surface area contributed by atoms with Crippen molar-refractivity contribution < 1.29 is 27.5 Å². The summed E-state index contributed by atoms with van der Waals surface area (Å²) in [6.07, 6.45) is -0.0602. The SMILES string of the molecule is O=C(OCC(=O)N1CCCCCC1)C1CC1c1ccccc1C(F)(F)F. The highest BCUT2D eigenvalue weighted by atomic mass is 19.4. The molecule has 0 bridgehead atoms. The van der Waals surface area contributed by atoms with Gasteiger partial charge >= 0.3 is 12.1 Å². The summed E-state index contributed by atoms with van der Waals surface area (Å²) in [6, 6.07) is 5.30. The number of alkyl halides is 3. The van der Waals surface area contributed by atoms with Gasteiger partial charge in [-0.05, 0) is 36.8 Å². The summed E-state index contributed by atoms with van der Waals surface area (Å²) in [5, 5.41) is 0. The predicted octanol–water partition coefficient (Wildman–Crippen LogP) is 3.75. The molecule has 3 rings (SSSR count). The fourth-order valence-corrected chi connectivity index (χ4v) is 3.53. The van der Waals surface area contributed by atoms with Crippen molar-refractivity contribution in [1.29, 1.82) is 0 Å². The Kier molecular flexibility index (Phi) is 5.53. The molecular weight excluding hydrogens is 347 g/mol. The van der Waals surface area contributed by atoms with Gasteiger partial charge in [-0.1, -0.05) is 31.0 Å². The molecule has 1 saturated carbocycles. The van der Waals surface area contributed by atoms with E-state index in [0.717, 1.165) is 31.7 Å². The molecule has 2 unspecified atom stereocenters. The maximum absolute atomic E-state index is 13.1. The molecule has 1 aliphatic carbocycles. The Hall–Kier alpha value is -2.05. The van der Waals surface area contributed by atoms with Gasteiger partial charge in [-0.25, -0.2) is 0 Å². The van der Waals surface area contributed by atoms with E-state index in [2.05, 4.69) is 0 Å². The van der Waals surface area contributed by atoms with E-state index in [9.17, 15) is 22.8 Å². The van der Waals surface area contributed by atoms with Gasteiger partial charge in [-0.2, -0.15) is 13.2 Å². The van der Waals surface area contributed by atoms with Gasteiger partial charge in [0.05, 0.1) is 11.5 Å². The molecule has 1 aliphatic heterocycles. The van der Waals surface area contributed by atoms with Crippen LogP contribution in [-0.2, 0) is 20.5 Å². The molecule has 1 aromatic carbocycles. The Labute approximate surface area is 150 Å². The van der Waals surface area contributed by atoms with Crippen molar-refractivity contribution in [3.63, 3.8) is 0 Å². The van der Waals surface area contributed by atoms with Crippen LogP contribution >= 0.6 is 0 Å². The molecule has 1 heterocycles. The highest BCUT2D eigenvalue weighted by molar-refractivity contribution is 5.83. The van der Waals surface area contributed by atoms with Crippen LogP contribution in [0.5, 0.6) is 0 Å². The van der Waals surface area contributed by atoms with Crippen molar-refractivity contribution in [1.82, 2.24) is 4.90 Å². The van der Waals surface area contributed by atoms with Crippen LogP contribution in [0, 0.1) is 5.92 Å². The lowest BCUT2D eigenvalue weighted by atomic mass is 10.0. The number of esters is 1. The number of nitrogens with zero attached hydrogens (tertiary/aromatic N) is 1. The Morgan fingerprint density at radius 3 is 2.38 bits per heavy atom. The molecule has 1 amide bonds. The zero-order valence-electron chi connectivity index (χ0n) is 14.4. The summed E-state index contributed by atoms with van der Waals surface area (Å²) >= 11 is 0. The Morgan fingerprint density at radius 2 is 1.73 bits per heavy atom. The molecule has 2 atom stereocenters. The van der Waals surface area contributed by atoms with Crippen LogP contribution in [0.25, 0.3) is 0 Å². The molecule has 0 aromatic heterocycles. The number of likely N-dealkylation sites (tertiary alicyclic amines) is 1. The summed E-state index contributed by atoms with van der Waals surface area (Å²) in [7, 11) is 0. The number of hydrogen-bond acceptors (Lipinski definition) is 3. The fourth-order valence-electron chi connectivity index (χ4n) is 3.53. The molecule has 26 heavy (non-hydrogen) atoms. The van der Waals surface area contributed by atoms with E-state index in [-0.39, 0.29) is 18.1 Å². The van der Waals surface area contributed by atoms with Crippen molar-refractivity contribution in [2.24, 2.45) is 5.92 Å². The Morgan fingerprint density at radius 1 is 1.08 bits per heavy atom. The van der Waals surface area contributed by atoms with E-state index in [1.165, 1.54) is 18.2 Å². The standard InChI is InChI=1S/C19H22F3NO3/c20-19(21,22)16-8-4-3-7-13(16)14-11-15(14)18(25)26-12-17(24)23-9-5-1-2-6-10-23/h3-4,7-8,14-15H,1-2,5-6,9-12H2. The number of hydrogen-bond donors (Lipinski definition) is 0. The maximum atomic E-state index is 13.1. The maximum Gasteiger partial charge on any atom is 0.416 e. The largest absolute Gasteiger partial charge is 0.455 e. The van der Waals surface area contributed by atoms with E-state index in [4.69, 9.17) is 4.74 Å². The lowest BCUT2D eigenvalue weighted by molar-refractivity contribution is -0.153. The minimum Gasteiger partial charge on any atom is -0.455 e. The van der Waals surface area contributed by atoms with Crippen LogP contribution in [0.15, 0.2) is 24.3 Å². The van der Waals surface area contributed by atoms with Crippen LogP contribution in [-0.4, -0.2) is 36.5 Å². The highest BCUT2D eigenvalue weighted by Crippen LogP contribution is 2.51. The quantitative estimate of drug-likeness (QED) is 0.760. The average molecular weight is 369 g/mol. The summed E-state index contributed by atoms with van der Waals surface area (Å²) < 4.78 is 44.4. The number of ether oxygens (including phenoxy) is 1. The van der Waals surface area contributed by atoms with Crippen LogP contribution in [0.4, 0.5) is 13.2 Å². The highest BCUT2D eigenvalue weighted by Gasteiger charge is 2.48. The third kappa shape index (κ3) is 4.37. The van der Waals surface area contributed by atoms with Crippen molar-refractivity contribution in [2.75, 3.05) is 19.7 Å². The minimum absolute atomic E-state index is 0.126. The van der Waals surface area contributed by atoms with E-state index in [1.807, 2.05) is 0 Å². The van der Waals surface area contributed by atoms with E-state index in [0.29, 0.717) is 19.5 Å². The van der Waals surface area contributed by atoms with Gasteiger partial charge in [0.25, 0.3) is 5.91 Å². The topological polar surface area (TPSA) is 46.6 Å². The molecule has 2 fully saturated rings. The summed E-state index contributed by atoms with van der Waals surface area (Å²) in [5.74, 6) is -1.91. The summed E-state index contributed by atoms with van der Waals surface area (Å²) in [4.78, 5) is 26.0. The average Bonchev–Trinajstić information content (AvgIpc) is 3.42. The van der Waals surface area contributed by atoms with Crippen LogP contribution in [0.2, 0.25) is 0 Å². The second-order valence-electron chi connectivity index (χ2n) is 6.94. The third-order valence-electron chi connectivity index (χ3n) is 5.06. The molecule has 7 heteroatoms. The fraction of sp³-hybridized carbons (Fsp3) is 0.579. The van der Waals surface area contributed by atoms with Crippen LogP contribution < -0.4 is 0 Å². The number of benzene rings is 1. The summed E-state index contributed by atoms with van der Waals surface area (Å²) in [6.45, 7) is 1.01. The second kappa shape index (κ2) is 7.68. The van der Waals surface area contributed by atoms with Gasteiger partial charge in [-0.3, -0.25) is 9.59 Å². The number of amides is 1. The van der Waals surface area contributed by atoms with E-state index in [1.54, 1.807) is 4.90 Å². The molecule has 1 saturated heterocycles. The molecule has 0 spiro atoms. The molecule has 0 radical (unpaired) electrons. The number of carbonyl (C=O) groups is 2. The molecule has 1 aromatic rings. The Balaban J connectivity index is 1.54. The second-order valence-corrected chi connectivity index (χ2v) is 6.94. The zero-order valence-corrected chi connectivity index (χ0v) is 14.4. The zero-order chi connectivity index (χ0) is 18.7. The van der Waals surface area contributed by atoms with Gasteiger partial charge in [0, 0.05) is 13.1 Å². The predicted molar refractivity (Wildman–Crippen MR) is 88.3 cm³/mol. The van der Waals surface area contributed by atoms with Crippen molar-refractivity contribution in [3.05, 3.63) is 35.4 Å². The molecular formula is C19H22F3NO3. The first-order valence-electron chi connectivity index (χ1n) is 8.98. The minimum atomic E-state index is -4.45. The first kappa shape index (κ1) is 18.7. The van der Waals surface area contributed by atoms with Crippen LogP contribution in [0.3, 0.4) is 0 Å². The first-order chi connectivity index (χ1) is 12.4. The normalized spacial score (nSPS) is 23.3. The lowest BCUT2D eigenvalue weighted by Gasteiger charge is -2.20. The molecule has 142 valence electrons. The number of halogens is 3. The molecule has 4 nitrogen and oxygen atoms in total. The number of rotatable bonds is 4. The molecule has 2 aliphatic rings. The lowest BCUT2D eigenvalue weighted by Crippen LogP contribution is -2.35. The summed E-state index contributed by atoms with van der Waals surface area (Å²) in [5.41, 5.74) is -0.582.